The normalized spacial score (nSPS) is 21.6. The average molecular weight is 349 g/mol. The van der Waals surface area contributed by atoms with E-state index in [-0.39, 0.29) is 17.9 Å². The number of nitrogens with one attached hydrogen (secondary N) is 1. The van der Waals surface area contributed by atoms with E-state index < -0.39 is 23.3 Å². The molecule has 0 radical (unpaired) electrons. The van der Waals surface area contributed by atoms with Gasteiger partial charge in [0, 0.05) is 12.7 Å². The van der Waals surface area contributed by atoms with Crippen LogP contribution < -0.4 is 10.1 Å². The molecule has 1 heterocycles. The minimum absolute atomic E-state index is 0.0378. The van der Waals surface area contributed by atoms with Crippen molar-refractivity contribution in [3.8, 4) is 5.75 Å². The van der Waals surface area contributed by atoms with Crippen molar-refractivity contribution in [1.29, 1.82) is 0 Å². The molecule has 0 saturated heterocycles. The first-order valence-corrected chi connectivity index (χ1v) is 7.43. The highest BCUT2D eigenvalue weighted by atomic mass is 19.4. The Hall–Kier alpha value is -2.80. The van der Waals surface area contributed by atoms with Crippen molar-refractivity contribution in [3.05, 3.63) is 77.5 Å². The van der Waals surface area contributed by atoms with Gasteiger partial charge in [0.15, 0.2) is 0 Å². The van der Waals surface area contributed by atoms with Gasteiger partial charge in [-0.3, -0.25) is 4.79 Å². The molecule has 7 heteroatoms. The molecule has 0 aromatic heterocycles. The zero-order valence-corrected chi connectivity index (χ0v) is 12.9. The summed E-state index contributed by atoms with van der Waals surface area (Å²) in [5.74, 6) is -4.96. The Kier molecular flexibility index (Phi) is 4.26. The first-order chi connectivity index (χ1) is 11.8. The molecule has 2 aromatic carbocycles. The fourth-order valence-electron chi connectivity index (χ4n) is 2.50. The van der Waals surface area contributed by atoms with Crippen molar-refractivity contribution in [3.63, 3.8) is 0 Å². The lowest BCUT2D eigenvalue weighted by Crippen LogP contribution is -2.56. The van der Waals surface area contributed by atoms with E-state index in [1.165, 1.54) is 24.3 Å². The number of hydrogen-bond donors (Lipinski definition) is 2. The smallest absolute Gasteiger partial charge is 0.449 e. The van der Waals surface area contributed by atoms with E-state index in [2.05, 4.69) is 5.32 Å². The summed E-state index contributed by atoms with van der Waals surface area (Å²) in [5.41, 5.74) is -0.140. The molecule has 0 amide bonds. The van der Waals surface area contributed by atoms with Crippen LogP contribution in [0.2, 0.25) is 0 Å². The number of benzene rings is 2. The number of Topliss-reactive ketones (excluding diaryl/α,β-unsaturated/α-hetero) is 1. The van der Waals surface area contributed by atoms with Crippen LogP contribution in [0.3, 0.4) is 0 Å². The lowest BCUT2D eigenvalue weighted by Gasteiger charge is -2.36. The van der Waals surface area contributed by atoms with E-state index >= 15 is 0 Å². The number of carbonyl (C=O) groups excluding carboxylic acids is 1. The number of para-hydroxylation sites is 1. The third-order valence-corrected chi connectivity index (χ3v) is 3.78. The summed E-state index contributed by atoms with van der Waals surface area (Å²) in [6, 6.07) is 14.4. The van der Waals surface area contributed by atoms with Gasteiger partial charge in [-0.05, 0) is 17.7 Å². The maximum Gasteiger partial charge on any atom is 0.460 e. The second kappa shape index (κ2) is 6.25. The van der Waals surface area contributed by atoms with Gasteiger partial charge in [0.05, 0.1) is 11.1 Å². The Morgan fingerprint density at radius 1 is 1.08 bits per heavy atom. The fraction of sp³-hybridized carbons (Fsp3) is 0.167. The fourth-order valence-corrected chi connectivity index (χ4v) is 2.50. The van der Waals surface area contributed by atoms with E-state index in [0.29, 0.717) is 0 Å². The predicted octanol–water partition coefficient (Wildman–Crippen LogP) is 3.19. The number of hydrogen-bond acceptors (Lipinski definition) is 4. The number of ether oxygens (including phenoxy) is 1. The summed E-state index contributed by atoms with van der Waals surface area (Å²) in [4.78, 5) is 12.5. The molecule has 25 heavy (non-hydrogen) atoms. The molecule has 2 aromatic rings. The first kappa shape index (κ1) is 17.0. The Bertz CT molecular complexity index is 818. The van der Waals surface area contributed by atoms with Crippen LogP contribution in [0.1, 0.15) is 15.9 Å². The highest BCUT2D eigenvalue weighted by Crippen LogP contribution is 2.44. The van der Waals surface area contributed by atoms with E-state index in [1.807, 2.05) is 0 Å². The zero-order valence-electron chi connectivity index (χ0n) is 12.9. The van der Waals surface area contributed by atoms with Crippen LogP contribution in [0.5, 0.6) is 5.75 Å². The summed E-state index contributed by atoms with van der Waals surface area (Å²) < 4.78 is 45.0. The van der Waals surface area contributed by atoms with Crippen molar-refractivity contribution in [1.82, 2.24) is 5.32 Å². The van der Waals surface area contributed by atoms with Crippen LogP contribution >= 0.6 is 0 Å². The lowest BCUT2D eigenvalue weighted by molar-refractivity contribution is -0.315. The molecule has 1 aliphatic heterocycles. The molecular weight excluding hydrogens is 335 g/mol. The largest absolute Gasteiger partial charge is 0.460 e. The molecule has 1 aliphatic rings. The predicted molar refractivity (Wildman–Crippen MR) is 83.8 cm³/mol. The van der Waals surface area contributed by atoms with Crippen molar-refractivity contribution in [2.24, 2.45) is 0 Å². The minimum Gasteiger partial charge on any atom is -0.449 e. The van der Waals surface area contributed by atoms with Crippen molar-refractivity contribution < 1.29 is 27.8 Å². The molecule has 1 atom stereocenters. The van der Waals surface area contributed by atoms with Crippen LogP contribution in [0.4, 0.5) is 13.2 Å². The molecule has 2 N–H and O–H groups in total. The average Bonchev–Trinajstić information content (AvgIpc) is 2.58. The second-order valence-corrected chi connectivity index (χ2v) is 5.49. The molecule has 0 aliphatic carbocycles. The summed E-state index contributed by atoms with van der Waals surface area (Å²) in [6.07, 6.45) is -4.32. The lowest BCUT2D eigenvalue weighted by atomic mass is 9.92. The monoisotopic (exact) mass is 349 g/mol. The number of fused-ring (bicyclic) bond motifs is 1. The van der Waals surface area contributed by atoms with Gasteiger partial charge < -0.3 is 15.2 Å². The van der Waals surface area contributed by atoms with Crippen molar-refractivity contribution in [2.75, 3.05) is 0 Å². The van der Waals surface area contributed by atoms with Crippen molar-refractivity contribution >= 4 is 5.78 Å². The number of aliphatic hydroxyl groups is 1. The van der Waals surface area contributed by atoms with Gasteiger partial charge in [0.2, 0.25) is 5.78 Å². The van der Waals surface area contributed by atoms with Gasteiger partial charge in [-0.15, -0.1) is 0 Å². The molecule has 0 bridgehead atoms. The maximum absolute atomic E-state index is 13.4. The second-order valence-electron chi connectivity index (χ2n) is 5.49. The van der Waals surface area contributed by atoms with Gasteiger partial charge in [-0.2, -0.15) is 13.2 Å². The summed E-state index contributed by atoms with van der Waals surface area (Å²) in [5, 5.41) is 12.7. The number of rotatable bonds is 3. The van der Waals surface area contributed by atoms with Crippen molar-refractivity contribution in [2.45, 2.75) is 18.5 Å². The molecule has 3 rings (SSSR count). The van der Waals surface area contributed by atoms with E-state index in [9.17, 15) is 23.1 Å². The van der Waals surface area contributed by atoms with Gasteiger partial charge in [-0.25, -0.2) is 0 Å². The van der Waals surface area contributed by atoms with Crippen LogP contribution in [-0.2, 0) is 6.54 Å². The number of alkyl halides is 3. The zero-order chi connectivity index (χ0) is 18.1. The Balaban J connectivity index is 1.96. The maximum atomic E-state index is 13.4. The van der Waals surface area contributed by atoms with Crippen LogP contribution in [-0.4, -0.2) is 22.9 Å². The third-order valence-electron chi connectivity index (χ3n) is 3.78. The highest BCUT2D eigenvalue weighted by molar-refractivity contribution is 6.12. The van der Waals surface area contributed by atoms with Gasteiger partial charge in [0.25, 0.3) is 0 Å². The molecule has 130 valence electrons. The molecule has 0 saturated carbocycles. The topological polar surface area (TPSA) is 58.6 Å². The van der Waals surface area contributed by atoms with E-state index in [0.717, 1.165) is 11.8 Å². The Morgan fingerprint density at radius 3 is 2.40 bits per heavy atom. The Labute approximate surface area is 141 Å². The van der Waals surface area contributed by atoms with E-state index in [1.54, 1.807) is 30.3 Å². The molecule has 4 nitrogen and oxygen atoms in total. The summed E-state index contributed by atoms with van der Waals surface area (Å²) in [7, 11) is 0. The SMILES string of the molecule is O=C1/C(=C\NCc2ccccc2)C(O)(C(F)(F)F)Oc2ccccc21. The first-order valence-electron chi connectivity index (χ1n) is 7.43. The number of carbonyl (C=O) groups is 1. The van der Waals surface area contributed by atoms with Gasteiger partial charge in [0.1, 0.15) is 5.75 Å². The molecule has 0 fully saturated rings. The molecular formula is C18H14F3NO3. The van der Waals surface area contributed by atoms with Crippen LogP contribution in [0, 0.1) is 0 Å². The quantitative estimate of drug-likeness (QED) is 0.836. The Morgan fingerprint density at radius 2 is 1.72 bits per heavy atom. The standard InChI is InChI=1S/C18H14F3NO3/c19-18(20,21)17(24)14(11-22-10-12-6-2-1-3-7-12)16(23)13-8-4-5-9-15(13)25-17/h1-9,11,22,24H,10H2/b14-11+. The van der Waals surface area contributed by atoms with Crippen LogP contribution in [0.25, 0.3) is 0 Å². The highest BCUT2D eigenvalue weighted by Gasteiger charge is 2.63. The summed E-state index contributed by atoms with van der Waals surface area (Å²) in [6.45, 7) is 0.188. The number of halogens is 3. The molecule has 0 spiro atoms. The molecule has 1 unspecified atom stereocenters. The minimum atomic E-state index is -5.18. The number of ketones is 1. The van der Waals surface area contributed by atoms with Crippen LogP contribution in [0.15, 0.2) is 66.4 Å². The van der Waals surface area contributed by atoms with E-state index in [4.69, 9.17) is 4.74 Å². The van der Waals surface area contributed by atoms with Gasteiger partial charge >= 0.3 is 12.0 Å². The third kappa shape index (κ3) is 3.10. The summed E-state index contributed by atoms with van der Waals surface area (Å²) >= 11 is 0. The van der Waals surface area contributed by atoms with Gasteiger partial charge in [-0.1, -0.05) is 42.5 Å².